The highest BCUT2D eigenvalue weighted by Gasteiger charge is 2.08. The molecule has 2 aromatic heterocycles. The van der Waals surface area contributed by atoms with Crippen LogP contribution < -0.4 is 16.2 Å². The van der Waals surface area contributed by atoms with Crippen LogP contribution in [0.2, 0.25) is 0 Å². The summed E-state index contributed by atoms with van der Waals surface area (Å²) in [5.41, 5.74) is 2.01. The van der Waals surface area contributed by atoms with Crippen molar-refractivity contribution in [2.75, 3.05) is 24.7 Å². The molecule has 1 aromatic carbocycles. The summed E-state index contributed by atoms with van der Waals surface area (Å²) in [6, 6.07) is 3.54. The van der Waals surface area contributed by atoms with E-state index in [1.54, 1.807) is 26.2 Å². The van der Waals surface area contributed by atoms with Gasteiger partial charge in [0.05, 0.1) is 21.9 Å². The first-order valence-electron chi connectivity index (χ1n) is 5.50. The van der Waals surface area contributed by atoms with Crippen LogP contribution >= 0.6 is 0 Å². The highest BCUT2D eigenvalue weighted by Crippen LogP contribution is 2.19. The van der Waals surface area contributed by atoms with Gasteiger partial charge in [0, 0.05) is 14.1 Å². The van der Waals surface area contributed by atoms with Gasteiger partial charge in [0.25, 0.3) is 5.56 Å². The Balaban J connectivity index is 2.39. The summed E-state index contributed by atoms with van der Waals surface area (Å²) in [7, 11) is 3.48. The van der Waals surface area contributed by atoms with Gasteiger partial charge in [-0.15, -0.1) is 0 Å². The van der Waals surface area contributed by atoms with Crippen LogP contribution in [-0.2, 0) is 0 Å². The van der Waals surface area contributed by atoms with Gasteiger partial charge in [-0.05, 0) is 12.1 Å². The van der Waals surface area contributed by atoms with Crippen LogP contribution in [0.1, 0.15) is 0 Å². The van der Waals surface area contributed by atoms with E-state index in [0.717, 1.165) is 11.0 Å². The molecule has 0 saturated heterocycles. The lowest BCUT2D eigenvalue weighted by Crippen LogP contribution is -2.11. The third-order valence-corrected chi connectivity index (χ3v) is 2.78. The molecule has 0 unspecified atom stereocenters. The van der Waals surface area contributed by atoms with Gasteiger partial charge >= 0.3 is 0 Å². The highest BCUT2D eigenvalue weighted by atomic mass is 16.1. The van der Waals surface area contributed by atoms with E-state index >= 15 is 0 Å². The van der Waals surface area contributed by atoms with E-state index in [9.17, 15) is 4.79 Å². The number of benzene rings is 1. The molecule has 0 atom stereocenters. The second-order valence-electron chi connectivity index (χ2n) is 3.89. The fourth-order valence-corrected chi connectivity index (χ4v) is 1.88. The summed E-state index contributed by atoms with van der Waals surface area (Å²) in [5, 5.41) is 6.27. The number of hydrogen-bond donors (Lipinski definition) is 4. The Labute approximate surface area is 102 Å². The summed E-state index contributed by atoms with van der Waals surface area (Å²) in [5.74, 6) is 1.10. The van der Waals surface area contributed by atoms with E-state index in [2.05, 4.69) is 30.6 Å². The SMILES string of the molecule is CNc1nc2cc3nc(NC)[nH]c3cc2c(=O)[nH]1. The smallest absolute Gasteiger partial charge is 0.260 e. The predicted octanol–water partition coefficient (Wildman–Crippen LogP) is 0.883. The molecule has 3 aromatic rings. The molecule has 3 rings (SSSR count). The fourth-order valence-electron chi connectivity index (χ4n) is 1.88. The first-order chi connectivity index (χ1) is 8.71. The maximum absolute atomic E-state index is 11.9. The Kier molecular flexibility index (Phi) is 2.19. The average molecular weight is 244 g/mol. The lowest BCUT2D eigenvalue weighted by Gasteiger charge is -2.01. The molecule has 7 heteroatoms. The van der Waals surface area contributed by atoms with E-state index in [-0.39, 0.29) is 5.56 Å². The number of rotatable bonds is 2. The van der Waals surface area contributed by atoms with E-state index in [1.807, 2.05) is 0 Å². The van der Waals surface area contributed by atoms with Crippen LogP contribution in [-0.4, -0.2) is 34.0 Å². The second-order valence-corrected chi connectivity index (χ2v) is 3.89. The number of hydrogen-bond acceptors (Lipinski definition) is 5. The van der Waals surface area contributed by atoms with Crippen molar-refractivity contribution < 1.29 is 0 Å². The Bertz CT molecular complexity index is 787. The van der Waals surface area contributed by atoms with Gasteiger partial charge in [-0.25, -0.2) is 9.97 Å². The zero-order valence-corrected chi connectivity index (χ0v) is 9.96. The maximum Gasteiger partial charge on any atom is 0.260 e. The summed E-state index contributed by atoms with van der Waals surface area (Å²) in [6.07, 6.45) is 0. The quantitative estimate of drug-likeness (QED) is 0.536. The molecule has 4 N–H and O–H groups in total. The van der Waals surface area contributed by atoms with Crippen molar-refractivity contribution in [3.05, 3.63) is 22.5 Å². The van der Waals surface area contributed by atoms with E-state index in [1.165, 1.54) is 0 Å². The van der Waals surface area contributed by atoms with E-state index in [0.29, 0.717) is 22.8 Å². The Morgan fingerprint density at radius 1 is 1.00 bits per heavy atom. The number of imidazole rings is 1. The number of anilines is 2. The van der Waals surface area contributed by atoms with Gasteiger partial charge in [-0.3, -0.25) is 9.78 Å². The van der Waals surface area contributed by atoms with Crippen molar-refractivity contribution in [2.24, 2.45) is 0 Å². The summed E-state index contributed by atoms with van der Waals surface area (Å²) >= 11 is 0. The van der Waals surface area contributed by atoms with Crippen LogP contribution in [0.4, 0.5) is 11.9 Å². The molecule has 0 amide bonds. The molecule has 0 aliphatic rings. The largest absolute Gasteiger partial charge is 0.359 e. The van der Waals surface area contributed by atoms with Crippen LogP contribution in [0, 0.1) is 0 Å². The first kappa shape index (κ1) is 10.6. The second kappa shape index (κ2) is 3.73. The number of fused-ring (bicyclic) bond motifs is 2. The lowest BCUT2D eigenvalue weighted by molar-refractivity contribution is 1.16. The Morgan fingerprint density at radius 2 is 1.67 bits per heavy atom. The molecule has 18 heavy (non-hydrogen) atoms. The maximum atomic E-state index is 11.9. The minimum atomic E-state index is -0.174. The van der Waals surface area contributed by atoms with Crippen LogP contribution in [0.25, 0.3) is 21.9 Å². The Hall–Kier alpha value is -2.57. The van der Waals surface area contributed by atoms with Crippen molar-refractivity contribution in [1.29, 1.82) is 0 Å². The lowest BCUT2D eigenvalue weighted by atomic mass is 10.2. The van der Waals surface area contributed by atoms with Gasteiger partial charge < -0.3 is 15.6 Å². The number of aromatic nitrogens is 4. The van der Waals surface area contributed by atoms with Crippen molar-refractivity contribution in [1.82, 2.24) is 19.9 Å². The molecular formula is C11H12N6O. The topological polar surface area (TPSA) is 98.5 Å². The van der Waals surface area contributed by atoms with Crippen molar-refractivity contribution in [2.45, 2.75) is 0 Å². The Morgan fingerprint density at radius 3 is 2.39 bits per heavy atom. The normalized spacial score (nSPS) is 11.0. The standard InChI is InChI=1S/C11H12N6O/c1-12-10-15-7-3-5-6(4-8(7)16-10)14-11(13-2)17-9(5)18/h3-4H,1-2H3,(H2,12,15,16)(H2,13,14,17,18). The zero-order valence-electron chi connectivity index (χ0n) is 9.96. The predicted molar refractivity (Wildman–Crippen MR) is 71.1 cm³/mol. The molecule has 0 radical (unpaired) electrons. The average Bonchev–Trinajstić information content (AvgIpc) is 2.78. The molecule has 0 aliphatic carbocycles. The van der Waals surface area contributed by atoms with Crippen LogP contribution in [0.15, 0.2) is 16.9 Å². The van der Waals surface area contributed by atoms with Gasteiger partial charge in [0.1, 0.15) is 0 Å². The highest BCUT2D eigenvalue weighted by molar-refractivity contribution is 5.93. The minimum absolute atomic E-state index is 0.174. The molecule has 0 saturated carbocycles. The van der Waals surface area contributed by atoms with Crippen LogP contribution in [0.3, 0.4) is 0 Å². The molecule has 7 nitrogen and oxygen atoms in total. The molecule has 92 valence electrons. The van der Waals surface area contributed by atoms with E-state index < -0.39 is 0 Å². The monoisotopic (exact) mass is 244 g/mol. The number of nitrogens with one attached hydrogen (secondary N) is 4. The summed E-state index contributed by atoms with van der Waals surface area (Å²) < 4.78 is 0. The molecule has 2 heterocycles. The van der Waals surface area contributed by atoms with Crippen molar-refractivity contribution >= 4 is 33.8 Å². The number of H-pyrrole nitrogens is 2. The molecule has 0 spiro atoms. The van der Waals surface area contributed by atoms with Crippen molar-refractivity contribution in [3.8, 4) is 0 Å². The third kappa shape index (κ3) is 1.48. The van der Waals surface area contributed by atoms with Gasteiger partial charge in [0.15, 0.2) is 0 Å². The van der Waals surface area contributed by atoms with Gasteiger partial charge in [-0.1, -0.05) is 0 Å². The molecule has 0 fully saturated rings. The number of aromatic amines is 2. The van der Waals surface area contributed by atoms with Gasteiger partial charge in [0.2, 0.25) is 11.9 Å². The van der Waals surface area contributed by atoms with Crippen LogP contribution in [0.5, 0.6) is 0 Å². The molecular weight excluding hydrogens is 232 g/mol. The molecule has 0 bridgehead atoms. The summed E-state index contributed by atoms with van der Waals surface area (Å²) in [6.45, 7) is 0. The molecule has 0 aliphatic heterocycles. The zero-order chi connectivity index (χ0) is 12.7. The van der Waals surface area contributed by atoms with Crippen molar-refractivity contribution in [3.63, 3.8) is 0 Å². The fraction of sp³-hybridized carbons (Fsp3) is 0.182. The first-order valence-corrected chi connectivity index (χ1v) is 5.50. The number of nitrogens with zero attached hydrogens (tertiary/aromatic N) is 2. The summed E-state index contributed by atoms with van der Waals surface area (Å²) in [4.78, 5) is 26.3. The van der Waals surface area contributed by atoms with Gasteiger partial charge in [-0.2, -0.15) is 0 Å². The third-order valence-electron chi connectivity index (χ3n) is 2.78. The minimum Gasteiger partial charge on any atom is -0.359 e. The van der Waals surface area contributed by atoms with E-state index in [4.69, 9.17) is 0 Å².